The predicted molar refractivity (Wildman–Crippen MR) is 103 cm³/mol. The van der Waals surface area contributed by atoms with Gasteiger partial charge in [-0.1, -0.05) is 24.3 Å². The number of nitrogen functional groups attached to an aromatic ring is 1. The second kappa shape index (κ2) is 6.81. The van der Waals surface area contributed by atoms with Crippen LogP contribution in [0.5, 0.6) is 0 Å². The topological polar surface area (TPSA) is 63.6 Å². The van der Waals surface area contributed by atoms with Crippen LogP contribution in [0.2, 0.25) is 0 Å². The molecule has 1 heterocycles. The first-order chi connectivity index (χ1) is 12.0. The Bertz CT molecular complexity index is 956. The molecule has 2 aromatic carbocycles. The van der Waals surface area contributed by atoms with Crippen LogP contribution < -0.4 is 5.73 Å². The van der Waals surface area contributed by atoms with Crippen LogP contribution in [0.3, 0.4) is 0 Å². The highest BCUT2D eigenvalue weighted by Gasteiger charge is 2.13. The lowest BCUT2D eigenvalue weighted by Crippen LogP contribution is -2.11. The molecule has 0 aliphatic carbocycles. The van der Waals surface area contributed by atoms with Gasteiger partial charge < -0.3 is 10.3 Å². The molecular weight excluding hydrogens is 312 g/mol. The van der Waals surface area contributed by atoms with Crippen molar-refractivity contribution < 1.29 is 4.79 Å². The van der Waals surface area contributed by atoms with Crippen molar-refractivity contribution in [1.82, 2.24) is 9.58 Å². The van der Waals surface area contributed by atoms with Gasteiger partial charge in [0.1, 0.15) is 0 Å². The van der Waals surface area contributed by atoms with E-state index in [9.17, 15) is 4.79 Å². The number of aryl methyl sites for hydroxylation is 2. The van der Waals surface area contributed by atoms with Gasteiger partial charge >= 0.3 is 0 Å². The molecule has 3 aromatic rings. The molecule has 0 atom stereocenters. The van der Waals surface area contributed by atoms with Crippen LogP contribution in [0.25, 0.3) is 10.9 Å². The monoisotopic (exact) mass is 334 g/mol. The van der Waals surface area contributed by atoms with Crippen LogP contribution in [0.1, 0.15) is 27.2 Å². The van der Waals surface area contributed by atoms with Gasteiger partial charge in [0.15, 0.2) is 6.29 Å². The third-order valence-corrected chi connectivity index (χ3v) is 4.30. The molecule has 3 rings (SSSR count). The molecule has 25 heavy (non-hydrogen) atoms. The Hall–Kier alpha value is -3.08. The van der Waals surface area contributed by atoms with Crippen molar-refractivity contribution in [2.45, 2.75) is 13.5 Å². The van der Waals surface area contributed by atoms with E-state index in [1.807, 2.05) is 67.0 Å². The Labute approximate surface area is 147 Å². The van der Waals surface area contributed by atoms with E-state index >= 15 is 0 Å². The summed E-state index contributed by atoms with van der Waals surface area (Å²) in [5, 5.41) is 7.36. The van der Waals surface area contributed by atoms with Gasteiger partial charge in [-0.3, -0.25) is 9.80 Å². The molecule has 5 heteroatoms. The third-order valence-electron chi connectivity index (χ3n) is 4.30. The van der Waals surface area contributed by atoms with Gasteiger partial charge in [0.2, 0.25) is 0 Å². The number of carbonyl (C=O) groups is 1. The number of nitrogens with zero attached hydrogens (tertiary/aromatic N) is 3. The Balaban J connectivity index is 1.91. The second-order valence-corrected chi connectivity index (χ2v) is 6.30. The van der Waals surface area contributed by atoms with E-state index in [0.29, 0.717) is 12.2 Å². The van der Waals surface area contributed by atoms with Crippen molar-refractivity contribution in [2.75, 3.05) is 12.8 Å². The molecule has 0 saturated carbocycles. The molecule has 0 aliphatic rings. The molecule has 0 radical (unpaired) electrons. The smallest absolute Gasteiger partial charge is 0.167 e. The van der Waals surface area contributed by atoms with Crippen LogP contribution >= 0.6 is 0 Å². The zero-order chi connectivity index (χ0) is 18.0. The number of hydrogen-bond acceptors (Lipinski definition) is 4. The molecular formula is C20H22N4O. The molecule has 5 nitrogen and oxygen atoms in total. The average molecular weight is 334 g/mol. The van der Waals surface area contributed by atoms with Crippen molar-refractivity contribution in [3.63, 3.8) is 0 Å². The fourth-order valence-electron chi connectivity index (χ4n) is 3.03. The molecule has 0 aliphatic heterocycles. The van der Waals surface area contributed by atoms with E-state index in [-0.39, 0.29) is 0 Å². The van der Waals surface area contributed by atoms with Crippen LogP contribution in [0, 0.1) is 6.92 Å². The maximum atomic E-state index is 11.6. The highest BCUT2D eigenvalue weighted by atomic mass is 16.1. The highest BCUT2D eigenvalue weighted by Crippen LogP contribution is 2.24. The zero-order valence-corrected chi connectivity index (χ0v) is 14.7. The van der Waals surface area contributed by atoms with Gasteiger partial charge in [-0.2, -0.15) is 5.10 Å². The van der Waals surface area contributed by atoms with E-state index in [4.69, 9.17) is 5.73 Å². The summed E-state index contributed by atoms with van der Waals surface area (Å²) in [5.74, 6) is 0. The number of rotatable bonds is 5. The summed E-state index contributed by atoms with van der Waals surface area (Å²) in [6.07, 6.45) is 2.64. The van der Waals surface area contributed by atoms with Gasteiger partial charge in [0, 0.05) is 36.2 Å². The van der Waals surface area contributed by atoms with Crippen LogP contribution in [0.4, 0.5) is 5.69 Å². The number of hydrogen-bond donors (Lipinski definition) is 1. The van der Waals surface area contributed by atoms with Crippen LogP contribution in [-0.2, 0) is 13.6 Å². The molecule has 0 amide bonds. The molecule has 1 aromatic heterocycles. The Morgan fingerprint density at radius 2 is 2.04 bits per heavy atom. The molecule has 0 spiro atoms. The molecule has 128 valence electrons. The minimum atomic E-state index is 0.627. The number of aromatic nitrogens is 1. The number of fused-ring (bicyclic) bond motifs is 1. The van der Waals surface area contributed by atoms with E-state index in [2.05, 4.69) is 11.2 Å². The molecule has 0 bridgehead atoms. The molecule has 0 unspecified atom stereocenters. The normalized spacial score (nSPS) is 11.3. The Morgan fingerprint density at radius 1 is 1.24 bits per heavy atom. The van der Waals surface area contributed by atoms with Gasteiger partial charge in [0.05, 0.1) is 18.5 Å². The van der Waals surface area contributed by atoms with Crippen molar-refractivity contribution in [3.05, 3.63) is 64.8 Å². The lowest BCUT2D eigenvalue weighted by atomic mass is 10.1. The second-order valence-electron chi connectivity index (χ2n) is 6.30. The van der Waals surface area contributed by atoms with E-state index in [0.717, 1.165) is 39.6 Å². The number of nitrogens with two attached hydrogens (primary N) is 1. The van der Waals surface area contributed by atoms with Crippen LogP contribution in [0.15, 0.2) is 47.6 Å². The van der Waals surface area contributed by atoms with E-state index in [1.165, 1.54) is 0 Å². The van der Waals surface area contributed by atoms with Crippen molar-refractivity contribution in [2.24, 2.45) is 12.1 Å². The fraction of sp³-hybridized carbons (Fsp3) is 0.200. The van der Waals surface area contributed by atoms with E-state index < -0.39 is 0 Å². The summed E-state index contributed by atoms with van der Waals surface area (Å²) < 4.78 is 1.91. The first-order valence-corrected chi connectivity index (χ1v) is 8.13. The van der Waals surface area contributed by atoms with Gasteiger partial charge in [-0.05, 0) is 36.2 Å². The predicted octanol–water partition coefficient (Wildman–Crippen LogP) is 3.35. The molecule has 2 N–H and O–H groups in total. The number of carbonyl (C=O) groups excluding carboxylic acids is 1. The van der Waals surface area contributed by atoms with E-state index in [1.54, 1.807) is 6.21 Å². The maximum Gasteiger partial charge on any atom is 0.167 e. The summed E-state index contributed by atoms with van der Waals surface area (Å²) in [4.78, 5) is 11.6. The number of benzene rings is 2. The molecule has 0 saturated heterocycles. The highest BCUT2D eigenvalue weighted by molar-refractivity contribution is 6.06. The first kappa shape index (κ1) is 16.8. The number of aldehydes is 1. The fourth-order valence-corrected chi connectivity index (χ4v) is 3.03. The minimum absolute atomic E-state index is 0.627. The summed E-state index contributed by atoms with van der Waals surface area (Å²) in [6.45, 7) is 2.68. The zero-order valence-electron chi connectivity index (χ0n) is 14.7. The third kappa shape index (κ3) is 3.40. The Morgan fingerprint density at radius 3 is 2.76 bits per heavy atom. The summed E-state index contributed by atoms with van der Waals surface area (Å²) in [7, 11) is 3.80. The first-order valence-electron chi connectivity index (χ1n) is 8.13. The average Bonchev–Trinajstić information content (AvgIpc) is 2.84. The number of hydrazone groups is 1. The van der Waals surface area contributed by atoms with Crippen LogP contribution in [-0.4, -0.2) is 29.1 Å². The summed E-state index contributed by atoms with van der Waals surface area (Å²) in [6, 6.07) is 13.9. The molecule has 0 fully saturated rings. The standard InChI is InChI=1S/C20H22N4O/c1-14-7-8-17-18(20(13-25)24(3)19(17)9-14)11-22-23(2)12-15-5-4-6-16(21)10-15/h4-11,13H,12,21H2,1-3H3/b22-11-. The minimum Gasteiger partial charge on any atom is -0.399 e. The van der Waals surface area contributed by atoms with Crippen molar-refractivity contribution in [1.29, 1.82) is 0 Å². The largest absolute Gasteiger partial charge is 0.399 e. The summed E-state index contributed by atoms with van der Waals surface area (Å²) in [5.41, 5.74) is 11.3. The maximum absolute atomic E-state index is 11.6. The van der Waals surface area contributed by atoms with Gasteiger partial charge in [-0.15, -0.1) is 0 Å². The quantitative estimate of drug-likeness (QED) is 0.337. The Kier molecular flexibility index (Phi) is 4.57. The van der Waals surface area contributed by atoms with Gasteiger partial charge in [-0.25, -0.2) is 0 Å². The lowest BCUT2D eigenvalue weighted by molar-refractivity contribution is 0.111. The van der Waals surface area contributed by atoms with Crippen molar-refractivity contribution >= 4 is 29.1 Å². The SMILES string of the molecule is Cc1ccc2c(/C=N\N(C)Cc3cccc(N)c3)c(C=O)n(C)c2c1. The van der Waals surface area contributed by atoms with Crippen molar-refractivity contribution in [3.8, 4) is 0 Å². The summed E-state index contributed by atoms with van der Waals surface area (Å²) >= 11 is 0. The van der Waals surface area contributed by atoms with Gasteiger partial charge in [0.25, 0.3) is 0 Å². The number of anilines is 1. The lowest BCUT2D eigenvalue weighted by Gasteiger charge is -2.13.